The minimum Gasteiger partial charge on any atom is -0.488 e. The predicted octanol–water partition coefficient (Wildman–Crippen LogP) is 5.10. The molecule has 2 heterocycles. The first-order valence-electron chi connectivity index (χ1n) is 10.7. The Morgan fingerprint density at radius 3 is 2.48 bits per heavy atom. The lowest BCUT2D eigenvalue weighted by molar-refractivity contribution is 0.0699. The molecule has 0 spiro atoms. The summed E-state index contributed by atoms with van der Waals surface area (Å²) in [5.41, 5.74) is 1.93. The van der Waals surface area contributed by atoms with Crippen LogP contribution in [0.3, 0.4) is 0 Å². The number of aromatic carboxylic acids is 1. The summed E-state index contributed by atoms with van der Waals surface area (Å²) in [6.45, 7) is 2.70. The van der Waals surface area contributed by atoms with Gasteiger partial charge >= 0.3 is 5.97 Å². The number of ether oxygens (including phenoxy) is 2. The quantitative estimate of drug-likeness (QED) is 0.614. The van der Waals surface area contributed by atoms with Crippen LogP contribution in [0.5, 0.6) is 5.75 Å². The standard InChI is InChI=1S/C24H24FNO5/c25-16-7-5-15(6-8-16)23-22(24(27)28)18-13-21(30-17-3-1-2-4-17)19(14-20(18)31-23)26-9-11-29-12-10-26/h5-8,13-14,17H,1-4,9-12H2,(H,27,28). The third-order valence-corrected chi connectivity index (χ3v) is 6.04. The van der Waals surface area contributed by atoms with Gasteiger partial charge in [-0.25, -0.2) is 9.18 Å². The van der Waals surface area contributed by atoms with Crippen molar-refractivity contribution >= 4 is 22.6 Å². The maximum atomic E-state index is 13.4. The molecule has 2 aromatic carbocycles. The highest BCUT2D eigenvalue weighted by molar-refractivity contribution is 6.09. The van der Waals surface area contributed by atoms with Crippen molar-refractivity contribution in [3.05, 3.63) is 47.8 Å². The number of halogens is 1. The zero-order valence-electron chi connectivity index (χ0n) is 17.1. The van der Waals surface area contributed by atoms with Crippen molar-refractivity contribution in [1.29, 1.82) is 0 Å². The van der Waals surface area contributed by atoms with Crippen LogP contribution >= 0.6 is 0 Å². The highest BCUT2D eigenvalue weighted by Crippen LogP contribution is 2.41. The Morgan fingerprint density at radius 1 is 1.10 bits per heavy atom. The van der Waals surface area contributed by atoms with Crippen molar-refractivity contribution in [3.63, 3.8) is 0 Å². The molecule has 0 amide bonds. The molecule has 2 fully saturated rings. The lowest BCUT2D eigenvalue weighted by Crippen LogP contribution is -2.36. The monoisotopic (exact) mass is 425 g/mol. The highest BCUT2D eigenvalue weighted by atomic mass is 19.1. The van der Waals surface area contributed by atoms with E-state index in [0.717, 1.165) is 44.5 Å². The zero-order valence-corrected chi connectivity index (χ0v) is 17.1. The van der Waals surface area contributed by atoms with Gasteiger partial charge in [-0.3, -0.25) is 0 Å². The second-order valence-electron chi connectivity index (χ2n) is 8.06. The van der Waals surface area contributed by atoms with Gasteiger partial charge in [-0.1, -0.05) is 0 Å². The van der Waals surface area contributed by atoms with Crippen molar-refractivity contribution < 1.29 is 28.2 Å². The van der Waals surface area contributed by atoms with Gasteiger partial charge in [0.2, 0.25) is 0 Å². The maximum Gasteiger partial charge on any atom is 0.340 e. The Balaban J connectivity index is 1.66. The third kappa shape index (κ3) is 3.85. The van der Waals surface area contributed by atoms with E-state index in [1.165, 1.54) is 24.3 Å². The molecule has 1 saturated heterocycles. The molecule has 5 rings (SSSR count). The summed E-state index contributed by atoms with van der Waals surface area (Å²) in [6, 6.07) is 9.29. The van der Waals surface area contributed by atoms with Crippen LogP contribution in [-0.4, -0.2) is 43.5 Å². The fourth-order valence-corrected chi connectivity index (χ4v) is 4.46. The van der Waals surface area contributed by atoms with Gasteiger partial charge in [0, 0.05) is 30.1 Å². The first-order valence-corrected chi connectivity index (χ1v) is 10.7. The largest absolute Gasteiger partial charge is 0.488 e. The zero-order chi connectivity index (χ0) is 21.4. The van der Waals surface area contributed by atoms with E-state index >= 15 is 0 Å². The predicted molar refractivity (Wildman–Crippen MR) is 114 cm³/mol. The smallest absolute Gasteiger partial charge is 0.340 e. The number of furan rings is 1. The Bertz CT molecular complexity index is 1100. The molecule has 1 N–H and O–H groups in total. The molecule has 2 aliphatic rings. The SMILES string of the molecule is O=C(O)c1c(-c2ccc(F)cc2)oc2cc(N3CCOCC3)c(OC3CCCC3)cc12. The molecule has 0 atom stereocenters. The van der Waals surface area contributed by atoms with Gasteiger partial charge < -0.3 is 23.9 Å². The molecule has 6 nitrogen and oxygen atoms in total. The molecule has 162 valence electrons. The molecule has 1 saturated carbocycles. The fraction of sp³-hybridized carbons (Fsp3) is 0.375. The molecule has 0 bridgehead atoms. The Labute approximate surface area is 179 Å². The second kappa shape index (κ2) is 8.23. The van der Waals surface area contributed by atoms with Gasteiger partial charge in [0.1, 0.15) is 28.5 Å². The average molecular weight is 425 g/mol. The number of rotatable bonds is 5. The molecule has 3 aromatic rings. The first kappa shape index (κ1) is 19.9. The summed E-state index contributed by atoms with van der Waals surface area (Å²) >= 11 is 0. The van der Waals surface area contributed by atoms with Crippen molar-refractivity contribution in [2.45, 2.75) is 31.8 Å². The molecule has 1 aromatic heterocycles. The van der Waals surface area contributed by atoms with Crippen LogP contribution in [0.15, 0.2) is 40.8 Å². The van der Waals surface area contributed by atoms with Crippen LogP contribution in [0, 0.1) is 5.82 Å². The fourth-order valence-electron chi connectivity index (χ4n) is 4.46. The minimum absolute atomic E-state index is 0.0615. The molecule has 31 heavy (non-hydrogen) atoms. The van der Waals surface area contributed by atoms with E-state index in [1.807, 2.05) is 6.07 Å². The van der Waals surface area contributed by atoms with Crippen molar-refractivity contribution in [1.82, 2.24) is 0 Å². The number of fused-ring (bicyclic) bond motifs is 1. The first-order chi connectivity index (χ1) is 15.1. The van der Waals surface area contributed by atoms with Gasteiger partial charge in [-0.15, -0.1) is 0 Å². The summed E-state index contributed by atoms with van der Waals surface area (Å²) in [5.74, 6) is -0.591. The van der Waals surface area contributed by atoms with Crippen molar-refractivity contribution in [3.8, 4) is 17.1 Å². The number of hydrogen-bond acceptors (Lipinski definition) is 5. The summed E-state index contributed by atoms with van der Waals surface area (Å²) < 4.78 is 31.3. The van der Waals surface area contributed by atoms with E-state index in [4.69, 9.17) is 13.9 Å². The number of carboxylic acids is 1. The van der Waals surface area contributed by atoms with Gasteiger partial charge in [0.25, 0.3) is 0 Å². The Hall–Kier alpha value is -3.06. The van der Waals surface area contributed by atoms with Gasteiger partial charge in [0.05, 0.1) is 25.0 Å². The third-order valence-electron chi connectivity index (χ3n) is 6.04. The van der Waals surface area contributed by atoms with E-state index in [2.05, 4.69) is 4.90 Å². The molecule has 1 aliphatic heterocycles. The molecular weight excluding hydrogens is 401 g/mol. The van der Waals surface area contributed by atoms with Gasteiger partial charge in [-0.05, 0) is 56.0 Å². The van der Waals surface area contributed by atoms with Crippen LogP contribution in [0.4, 0.5) is 10.1 Å². The summed E-state index contributed by atoms with van der Waals surface area (Å²) in [6.07, 6.45) is 4.41. The normalized spacial score (nSPS) is 17.4. The number of carboxylic acid groups (broad SMARTS) is 1. The number of nitrogens with zero attached hydrogens (tertiary/aromatic N) is 1. The highest BCUT2D eigenvalue weighted by Gasteiger charge is 2.27. The van der Waals surface area contributed by atoms with Crippen LogP contribution in [0.25, 0.3) is 22.3 Å². The lowest BCUT2D eigenvalue weighted by Gasteiger charge is -2.31. The maximum absolute atomic E-state index is 13.4. The van der Waals surface area contributed by atoms with E-state index in [-0.39, 0.29) is 17.4 Å². The second-order valence-corrected chi connectivity index (χ2v) is 8.06. The van der Waals surface area contributed by atoms with E-state index in [0.29, 0.717) is 35.5 Å². The number of morpholine rings is 1. The van der Waals surface area contributed by atoms with Gasteiger partial charge in [-0.2, -0.15) is 0 Å². The summed E-state index contributed by atoms with van der Waals surface area (Å²) in [7, 11) is 0. The van der Waals surface area contributed by atoms with Crippen LogP contribution < -0.4 is 9.64 Å². The summed E-state index contributed by atoms with van der Waals surface area (Å²) in [4.78, 5) is 14.4. The Morgan fingerprint density at radius 2 is 1.81 bits per heavy atom. The minimum atomic E-state index is -1.09. The van der Waals surface area contributed by atoms with E-state index < -0.39 is 11.8 Å². The van der Waals surface area contributed by atoms with Crippen LogP contribution in [-0.2, 0) is 4.74 Å². The molecule has 1 aliphatic carbocycles. The molecular formula is C24H24FNO5. The van der Waals surface area contributed by atoms with Crippen LogP contribution in [0.2, 0.25) is 0 Å². The average Bonchev–Trinajstić information content (AvgIpc) is 3.42. The summed E-state index contributed by atoms with van der Waals surface area (Å²) in [5, 5.41) is 10.4. The number of carbonyl (C=O) groups is 1. The van der Waals surface area contributed by atoms with Crippen molar-refractivity contribution in [2.24, 2.45) is 0 Å². The molecule has 0 unspecified atom stereocenters. The Kier molecular flexibility index (Phi) is 5.28. The lowest BCUT2D eigenvalue weighted by atomic mass is 10.0. The van der Waals surface area contributed by atoms with Crippen LogP contribution in [0.1, 0.15) is 36.0 Å². The topological polar surface area (TPSA) is 72.1 Å². The molecule has 0 radical (unpaired) electrons. The van der Waals surface area contributed by atoms with E-state index in [9.17, 15) is 14.3 Å². The number of benzene rings is 2. The number of hydrogen-bond donors (Lipinski definition) is 1. The van der Waals surface area contributed by atoms with Gasteiger partial charge in [0.15, 0.2) is 0 Å². The van der Waals surface area contributed by atoms with Crippen molar-refractivity contribution in [2.75, 3.05) is 31.2 Å². The number of anilines is 1. The van der Waals surface area contributed by atoms with E-state index in [1.54, 1.807) is 6.07 Å². The molecule has 7 heteroatoms.